The van der Waals surface area contributed by atoms with Crippen molar-refractivity contribution < 1.29 is 26.3 Å². The number of hydrogen-bond donors (Lipinski definition) is 1. The van der Waals surface area contributed by atoms with Gasteiger partial charge in [0.25, 0.3) is 0 Å². The number of halogens is 6. The fraction of sp³-hybridized carbons (Fsp3) is 0.143. The van der Waals surface area contributed by atoms with Crippen LogP contribution in [0.3, 0.4) is 0 Å². The third-order valence-electron chi connectivity index (χ3n) is 2.89. The molecule has 0 amide bonds. The Morgan fingerprint density at radius 3 is 1.71 bits per heavy atom. The smallest absolute Gasteiger partial charge is 0.398 e. The van der Waals surface area contributed by atoms with Crippen LogP contribution in [0.1, 0.15) is 11.1 Å². The lowest BCUT2D eigenvalue weighted by atomic mass is 9.95. The molecule has 0 heterocycles. The van der Waals surface area contributed by atoms with E-state index in [2.05, 4.69) is 0 Å². The lowest BCUT2D eigenvalue weighted by Gasteiger charge is -2.18. The molecule has 0 fully saturated rings. The van der Waals surface area contributed by atoms with Crippen LogP contribution < -0.4 is 5.73 Å². The predicted octanol–water partition coefficient (Wildman–Crippen LogP) is 4.97. The van der Waals surface area contributed by atoms with Crippen molar-refractivity contribution in [2.45, 2.75) is 12.4 Å². The van der Waals surface area contributed by atoms with Gasteiger partial charge in [0, 0.05) is 5.69 Å². The molecule has 0 spiro atoms. The van der Waals surface area contributed by atoms with Crippen LogP contribution in [-0.2, 0) is 12.4 Å². The van der Waals surface area contributed by atoms with E-state index >= 15 is 0 Å². The molecule has 2 aromatic rings. The van der Waals surface area contributed by atoms with Gasteiger partial charge in [-0.3, -0.25) is 0 Å². The summed E-state index contributed by atoms with van der Waals surface area (Å²) in [5.41, 5.74) is 1.19. The molecule has 0 aliphatic carbocycles. The zero-order valence-electron chi connectivity index (χ0n) is 10.4. The fourth-order valence-electron chi connectivity index (χ4n) is 1.95. The molecule has 0 bridgehead atoms. The van der Waals surface area contributed by atoms with Gasteiger partial charge in [0.05, 0.1) is 11.1 Å². The SMILES string of the molecule is Nc1cc(C(F)(F)F)c(-c2ccccc2)cc1C(F)(F)F. The van der Waals surface area contributed by atoms with Crippen LogP contribution in [-0.4, -0.2) is 0 Å². The van der Waals surface area contributed by atoms with E-state index in [0.717, 1.165) is 0 Å². The van der Waals surface area contributed by atoms with Crippen molar-refractivity contribution >= 4 is 5.69 Å². The van der Waals surface area contributed by atoms with Gasteiger partial charge in [-0.25, -0.2) is 0 Å². The van der Waals surface area contributed by atoms with Gasteiger partial charge in [-0.1, -0.05) is 30.3 Å². The highest BCUT2D eigenvalue weighted by atomic mass is 19.4. The Hall–Kier alpha value is -2.18. The third-order valence-corrected chi connectivity index (χ3v) is 2.89. The lowest BCUT2D eigenvalue weighted by Crippen LogP contribution is -2.14. The highest BCUT2D eigenvalue weighted by Gasteiger charge is 2.39. The van der Waals surface area contributed by atoms with E-state index in [1.54, 1.807) is 6.07 Å². The molecule has 2 aromatic carbocycles. The number of hydrogen-bond acceptors (Lipinski definition) is 1. The van der Waals surface area contributed by atoms with E-state index in [1.165, 1.54) is 24.3 Å². The number of nitrogen functional groups attached to an aromatic ring is 1. The molecular formula is C14H9F6N. The first-order valence-electron chi connectivity index (χ1n) is 5.74. The molecule has 1 nitrogen and oxygen atoms in total. The van der Waals surface area contributed by atoms with Gasteiger partial charge in [-0.15, -0.1) is 0 Å². The Labute approximate surface area is 116 Å². The number of nitrogens with two attached hydrogens (primary N) is 1. The summed E-state index contributed by atoms with van der Waals surface area (Å²) in [5, 5.41) is 0. The molecule has 21 heavy (non-hydrogen) atoms. The monoisotopic (exact) mass is 305 g/mol. The van der Waals surface area contributed by atoms with E-state index in [0.29, 0.717) is 12.1 Å². The van der Waals surface area contributed by atoms with Crippen LogP contribution in [0, 0.1) is 0 Å². The average molecular weight is 305 g/mol. The minimum atomic E-state index is -4.82. The standard InChI is InChI=1S/C14H9F6N/c15-13(16,17)10-7-12(21)11(14(18,19)20)6-9(10)8-4-2-1-3-5-8/h1-7H,21H2. The summed E-state index contributed by atoms with van der Waals surface area (Å²) in [6.07, 6.45) is -9.62. The second-order valence-corrected chi connectivity index (χ2v) is 4.35. The average Bonchev–Trinajstić information content (AvgIpc) is 2.37. The van der Waals surface area contributed by atoms with Gasteiger partial charge in [0.1, 0.15) is 0 Å². The first-order chi connectivity index (χ1) is 9.60. The van der Waals surface area contributed by atoms with Crippen molar-refractivity contribution in [1.29, 1.82) is 0 Å². The number of rotatable bonds is 1. The van der Waals surface area contributed by atoms with Gasteiger partial charge in [-0.05, 0) is 23.3 Å². The molecule has 0 radical (unpaired) electrons. The summed E-state index contributed by atoms with van der Waals surface area (Å²) in [5.74, 6) is 0. The number of benzene rings is 2. The van der Waals surface area contributed by atoms with Gasteiger partial charge >= 0.3 is 12.4 Å². The van der Waals surface area contributed by atoms with Crippen LogP contribution in [0.25, 0.3) is 11.1 Å². The quantitative estimate of drug-likeness (QED) is 0.584. The molecular weight excluding hydrogens is 296 g/mol. The molecule has 0 unspecified atom stereocenters. The Bertz CT molecular complexity index is 643. The minimum absolute atomic E-state index is 0.0373. The maximum absolute atomic E-state index is 13.0. The van der Waals surface area contributed by atoms with Crippen LogP contribution >= 0.6 is 0 Å². The summed E-state index contributed by atoms with van der Waals surface area (Å²) in [6.45, 7) is 0. The van der Waals surface area contributed by atoms with Gasteiger partial charge < -0.3 is 5.73 Å². The molecule has 0 aromatic heterocycles. The topological polar surface area (TPSA) is 26.0 Å². The molecule has 112 valence electrons. The van der Waals surface area contributed by atoms with Crippen molar-refractivity contribution in [1.82, 2.24) is 0 Å². The first-order valence-corrected chi connectivity index (χ1v) is 5.74. The van der Waals surface area contributed by atoms with Crippen molar-refractivity contribution in [2.75, 3.05) is 5.73 Å². The summed E-state index contributed by atoms with van der Waals surface area (Å²) in [6, 6.07) is 7.82. The Morgan fingerprint density at radius 1 is 0.714 bits per heavy atom. The van der Waals surface area contributed by atoms with Crippen molar-refractivity contribution in [3.63, 3.8) is 0 Å². The molecule has 0 saturated heterocycles. The predicted molar refractivity (Wildman–Crippen MR) is 66.3 cm³/mol. The Balaban J connectivity index is 2.76. The van der Waals surface area contributed by atoms with E-state index in [-0.39, 0.29) is 5.56 Å². The second-order valence-electron chi connectivity index (χ2n) is 4.35. The highest BCUT2D eigenvalue weighted by Crippen LogP contribution is 2.43. The van der Waals surface area contributed by atoms with E-state index in [4.69, 9.17) is 5.73 Å². The maximum Gasteiger partial charge on any atom is 0.418 e. The van der Waals surface area contributed by atoms with Crippen molar-refractivity contribution in [2.24, 2.45) is 0 Å². The Kier molecular flexibility index (Phi) is 3.61. The summed E-state index contributed by atoms with van der Waals surface area (Å²) in [7, 11) is 0. The van der Waals surface area contributed by atoms with Crippen LogP contribution in [0.15, 0.2) is 42.5 Å². The van der Waals surface area contributed by atoms with E-state index in [1.807, 2.05) is 0 Å². The summed E-state index contributed by atoms with van der Waals surface area (Å²) < 4.78 is 77.5. The highest BCUT2D eigenvalue weighted by molar-refractivity contribution is 5.73. The fourth-order valence-corrected chi connectivity index (χ4v) is 1.95. The van der Waals surface area contributed by atoms with Crippen LogP contribution in [0.5, 0.6) is 0 Å². The number of alkyl halides is 6. The molecule has 0 atom stereocenters. The van der Waals surface area contributed by atoms with E-state index in [9.17, 15) is 26.3 Å². The Morgan fingerprint density at radius 2 is 1.24 bits per heavy atom. The van der Waals surface area contributed by atoms with Crippen LogP contribution in [0.4, 0.5) is 32.0 Å². The molecule has 7 heteroatoms. The van der Waals surface area contributed by atoms with Crippen molar-refractivity contribution in [3.8, 4) is 11.1 Å². The molecule has 0 aliphatic rings. The second kappa shape index (κ2) is 4.98. The lowest BCUT2D eigenvalue weighted by molar-refractivity contribution is -0.140. The largest absolute Gasteiger partial charge is 0.418 e. The normalized spacial score (nSPS) is 12.5. The number of anilines is 1. The van der Waals surface area contributed by atoms with Gasteiger partial charge in [-0.2, -0.15) is 26.3 Å². The van der Waals surface area contributed by atoms with Gasteiger partial charge in [0.2, 0.25) is 0 Å². The third kappa shape index (κ3) is 3.12. The van der Waals surface area contributed by atoms with Crippen LogP contribution in [0.2, 0.25) is 0 Å². The molecule has 2 rings (SSSR count). The zero-order chi connectivity index (χ0) is 15.8. The maximum atomic E-state index is 13.0. The molecule has 0 aliphatic heterocycles. The molecule has 2 N–H and O–H groups in total. The minimum Gasteiger partial charge on any atom is -0.398 e. The van der Waals surface area contributed by atoms with Gasteiger partial charge in [0.15, 0.2) is 0 Å². The van der Waals surface area contributed by atoms with E-state index < -0.39 is 34.7 Å². The zero-order valence-corrected chi connectivity index (χ0v) is 10.4. The first kappa shape index (κ1) is 15.2. The summed E-state index contributed by atoms with van der Waals surface area (Å²) >= 11 is 0. The summed E-state index contributed by atoms with van der Waals surface area (Å²) in [4.78, 5) is 0. The van der Waals surface area contributed by atoms with Crippen molar-refractivity contribution in [3.05, 3.63) is 53.6 Å². The molecule has 0 saturated carbocycles.